The van der Waals surface area contributed by atoms with E-state index in [-0.39, 0.29) is 58.2 Å². The fraction of sp³-hybridized carbons (Fsp3) is 0.552. The van der Waals surface area contributed by atoms with Crippen molar-refractivity contribution in [2.45, 2.75) is 89.2 Å². The Hall–Kier alpha value is -3.97. The Morgan fingerprint density at radius 2 is 1.98 bits per heavy atom. The molecule has 3 aromatic rings. The number of carbonyl (C=O) groups excluding carboxylic acids is 2. The first-order chi connectivity index (χ1) is 19.9. The van der Waals surface area contributed by atoms with Gasteiger partial charge in [-0.1, -0.05) is 0 Å². The molecule has 4 atom stereocenters. The zero-order valence-corrected chi connectivity index (χ0v) is 24.7. The Morgan fingerprint density at radius 1 is 1.19 bits per heavy atom. The van der Waals surface area contributed by atoms with E-state index < -0.39 is 17.8 Å². The third kappa shape index (κ3) is 6.12. The number of amides is 2. The quantitative estimate of drug-likeness (QED) is 0.381. The summed E-state index contributed by atoms with van der Waals surface area (Å²) in [5.74, 6) is 0.155. The molecule has 0 aromatic carbocycles. The highest BCUT2D eigenvalue weighted by molar-refractivity contribution is 6.00. The van der Waals surface area contributed by atoms with Crippen molar-refractivity contribution in [3.05, 3.63) is 46.5 Å². The van der Waals surface area contributed by atoms with Gasteiger partial charge >= 0.3 is 6.09 Å². The van der Waals surface area contributed by atoms with Gasteiger partial charge in [0, 0.05) is 32.5 Å². The van der Waals surface area contributed by atoms with E-state index in [1.807, 2.05) is 0 Å². The van der Waals surface area contributed by atoms with Crippen LogP contribution in [0.4, 0.5) is 22.1 Å². The summed E-state index contributed by atoms with van der Waals surface area (Å²) in [5.41, 5.74) is -0.395. The van der Waals surface area contributed by atoms with Crippen molar-refractivity contribution in [1.29, 1.82) is 0 Å². The summed E-state index contributed by atoms with van der Waals surface area (Å²) in [7, 11) is 3.20. The number of anilines is 3. The van der Waals surface area contributed by atoms with Crippen LogP contribution in [0.5, 0.6) is 0 Å². The van der Waals surface area contributed by atoms with E-state index in [0.29, 0.717) is 19.3 Å². The second-order valence-corrected chi connectivity index (χ2v) is 12.0. The molecule has 13 nitrogen and oxygen atoms in total. The molecule has 5 rings (SSSR count). The van der Waals surface area contributed by atoms with Gasteiger partial charge in [0.2, 0.25) is 0 Å². The minimum absolute atomic E-state index is 0.0451. The standard InChI is InChI=1S/C29H39N7O6/c1-29(2,3)42-28(40)34(4)24-15-23(32-20-8-7-13-35(27(20)39)21-9-6-10-22(21)37)33-25-19(16-30-36(24)25)26(38)31-17-11-12-18(14-17)41-5/h7-8,13,15-18,21-22,37H,6,9-12,14H2,1-5H3,(H,31,38)(H,32,33)/t17-,18-,21-,22+/m0/s1. The van der Waals surface area contributed by atoms with E-state index in [1.165, 1.54) is 22.7 Å². The summed E-state index contributed by atoms with van der Waals surface area (Å²) in [6.07, 6.45) is 6.53. The second kappa shape index (κ2) is 11.7. The molecule has 0 spiro atoms. The largest absolute Gasteiger partial charge is 0.443 e. The van der Waals surface area contributed by atoms with E-state index >= 15 is 0 Å². The van der Waals surface area contributed by atoms with Gasteiger partial charge in [0.05, 0.1) is 24.4 Å². The van der Waals surface area contributed by atoms with Crippen LogP contribution in [0.3, 0.4) is 0 Å². The molecule has 2 saturated carbocycles. The minimum Gasteiger partial charge on any atom is -0.443 e. The monoisotopic (exact) mass is 581 g/mol. The van der Waals surface area contributed by atoms with Crippen LogP contribution in [-0.4, -0.2) is 74.3 Å². The number of pyridine rings is 1. The third-order valence-corrected chi connectivity index (χ3v) is 7.80. The number of hydrogen-bond donors (Lipinski definition) is 3. The highest BCUT2D eigenvalue weighted by Crippen LogP contribution is 2.30. The SMILES string of the molecule is CO[C@H]1CC[C@H](NC(=O)c2cnn3c(N(C)C(=O)OC(C)(C)C)cc(Nc4cccn([C@H]5CCC[C@H]5O)c4=O)nc23)C1. The van der Waals surface area contributed by atoms with Crippen LogP contribution in [0.1, 0.15) is 75.7 Å². The molecule has 3 aromatic heterocycles. The predicted molar refractivity (Wildman–Crippen MR) is 156 cm³/mol. The van der Waals surface area contributed by atoms with E-state index in [2.05, 4.69) is 20.7 Å². The van der Waals surface area contributed by atoms with Crippen molar-refractivity contribution in [2.75, 3.05) is 24.4 Å². The third-order valence-electron chi connectivity index (χ3n) is 7.80. The number of carbonyl (C=O) groups is 2. The molecule has 0 saturated heterocycles. The van der Waals surface area contributed by atoms with Gasteiger partial charge < -0.3 is 29.8 Å². The van der Waals surface area contributed by atoms with Crippen LogP contribution < -0.4 is 21.1 Å². The first-order valence-electron chi connectivity index (χ1n) is 14.3. The van der Waals surface area contributed by atoms with Crippen molar-refractivity contribution < 1.29 is 24.2 Å². The zero-order chi connectivity index (χ0) is 30.2. The molecule has 3 heterocycles. The Morgan fingerprint density at radius 3 is 2.64 bits per heavy atom. The van der Waals surface area contributed by atoms with Gasteiger partial charge in [-0.2, -0.15) is 9.61 Å². The average Bonchev–Trinajstić information content (AvgIpc) is 3.68. The topological polar surface area (TPSA) is 152 Å². The van der Waals surface area contributed by atoms with Gasteiger partial charge in [0.1, 0.15) is 28.5 Å². The van der Waals surface area contributed by atoms with Gasteiger partial charge in [0.15, 0.2) is 5.65 Å². The van der Waals surface area contributed by atoms with Crippen LogP contribution in [0.25, 0.3) is 5.65 Å². The van der Waals surface area contributed by atoms with Crippen LogP contribution in [0, 0.1) is 0 Å². The molecule has 0 aliphatic heterocycles. The summed E-state index contributed by atoms with van der Waals surface area (Å²) < 4.78 is 13.9. The fourth-order valence-corrected chi connectivity index (χ4v) is 5.63. The van der Waals surface area contributed by atoms with Crippen molar-refractivity contribution in [1.82, 2.24) is 24.5 Å². The van der Waals surface area contributed by atoms with Crippen LogP contribution in [-0.2, 0) is 9.47 Å². The van der Waals surface area contributed by atoms with E-state index in [4.69, 9.17) is 9.47 Å². The van der Waals surface area contributed by atoms with Gasteiger partial charge in [-0.15, -0.1) is 0 Å². The lowest BCUT2D eigenvalue weighted by atomic mass is 10.2. The van der Waals surface area contributed by atoms with Crippen molar-refractivity contribution in [3.8, 4) is 0 Å². The van der Waals surface area contributed by atoms with E-state index in [9.17, 15) is 19.5 Å². The molecule has 13 heteroatoms. The Labute approximate surface area is 243 Å². The van der Waals surface area contributed by atoms with E-state index in [1.54, 1.807) is 56.8 Å². The molecule has 0 unspecified atom stereocenters. The number of nitrogens with zero attached hydrogens (tertiary/aromatic N) is 5. The Balaban J connectivity index is 1.52. The Bertz CT molecular complexity index is 1530. The number of aromatic nitrogens is 4. The molecule has 0 radical (unpaired) electrons. The highest BCUT2D eigenvalue weighted by atomic mass is 16.6. The maximum atomic E-state index is 13.4. The van der Waals surface area contributed by atoms with Gasteiger partial charge in [0.25, 0.3) is 11.5 Å². The van der Waals surface area contributed by atoms with Crippen molar-refractivity contribution >= 4 is 35.0 Å². The number of hydrogen-bond acceptors (Lipinski definition) is 9. The lowest BCUT2D eigenvalue weighted by molar-refractivity contribution is 0.0587. The average molecular weight is 582 g/mol. The zero-order valence-electron chi connectivity index (χ0n) is 24.7. The van der Waals surface area contributed by atoms with Crippen molar-refractivity contribution in [3.63, 3.8) is 0 Å². The van der Waals surface area contributed by atoms with Crippen LogP contribution >= 0.6 is 0 Å². The fourth-order valence-electron chi connectivity index (χ4n) is 5.63. The number of fused-ring (bicyclic) bond motifs is 1. The van der Waals surface area contributed by atoms with Crippen molar-refractivity contribution in [2.24, 2.45) is 0 Å². The smallest absolute Gasteiger partial charge is 0.415 e. The lowest BCUT2D eigenvalue weighted by Gasteiger charge is -2.25. The van der Waals surface area contributed by atoms with Gasteiger partial charge in [-0.25, -0.2) is 9.78 Å². The van der Waals surface area contributed by atoms with E-state index in [0.717, 1.165) is 19.3 Å². The molecule has 0 bridgehead atoms. The summed E-state index contributed by atoms with van der Waals surface area (Å²) in [6.45, 7) is 5.30. The number of nitrogens with one attached hydrogen (secondary N) is 2. The summed E-state index contributed by atoms with van der Waals surface area (Å²) in [5, 5.41) is 20.9. The maximum Gasteiger partial charge on any atom is 0.415 e. The molecule has 2 amide bonds. The number of aliphatic hydroxyl groups is 1. The summed E-state index contributed by atoms with van der Waals surface area (Å²) >= 11 is 0. The predicted octanol–water partition coefficient (Wildman–Crippen LogP) is 3.39. The Kier molecular flexibility index (Phi) is 8.24. The first-order valence-corrected chi connectivity index (χ1v) is 14.3. The lowest BCUT2D eigenvalue weighted by Crippen LogP contribution is -2.35. The molecular weight excluding hydrogens is 542 g/mol. The molecule has 2 aliphatic rings. The number of rotatable bonds is 7. The molecule has 2 aliphatic carbocycles. The number of ether oxygens (including phenoxy) is 2. The molecule has 2 fully saturated rings. The molecule has 42 heavy (non-hydrogen) atoms. The molecular formula is C29H39N7O6. The van der Waals surface area contributed by atoms with Gasteiger partial charge in [-0.3, -0.25) is 14.5 Å². The molecule has 226 valence electrons. The summed E-state index contributed by atoms with van der Waals surface area (Å²) in [6, 6.07) is 4.57. The minimum atomic E-state index is -0.741. The maximum absolute atomic E-state index is 13.4. The van der Waals surface area contributed by atoms with Crippen LogP contribution in [0.15, 0.2) is 35.4 Å². The highest BCUT2D eigenvalue weighted by Gasteiger charge is 2.30. The first kappa shape index (κ1) is 29.5. The normalized spacial score (nSPS) is 22.3. The van der Waals surface area contributed by atoms with Crippen LogP contribution in [0.2, 0.25) is 0 Å². The van der Waals surface area contributed by atoms with Gasteiger partial charge in [-0.05, 0) is 71.4 Å². The number of aliphatic hydroxyl groups excluding tert-OH is 1. The number of methoxy groups -OCH3 is 1. The molecule has 3 N–H and O–H groups in total. The summed E-state index contributed by atoms with van der Waals surface area (Å²) in [4.78, 5) is 45.7. The second-order valence-electron chi connectivity index (χ2n) is 12.0.